The third-order valence-corrected chi connectivity index (χ3v) is 0.776. The summed E-state index contributed by atoms with van der Waals surface area (Å²) in [6.45, 7) is 1.95. The molecule has 0 spiro atoms. The lowest BCUT2D eigenvalue weighted by atomic mass is 10.7. The highest BCUT2D eigenvalue weighted by atomic mass is 16.7. The molecular weight excluding hydrogens is 154 g/mol. The average molecular weight is 161 g/mol. The van der Waals surface area contributed by atoms with E-state index in [-0.39, 0.29) is 5.12 Å². The van der Waals surface area contributed by atoms with Gasteiger partial charge in [0, 0.05) is 11.5 Å². The molecule has 8 heteroatoms. The number of hydrogen-bond acceptors (Lipinski definition) is 5. The zero-order valence-electron chi connectivity index (χ0n) is 5.77. The minimum atomic E-state index is -1.09. The number of rotatable bonds is 3. The largest absolute Gasteiger partial charge is 0.350 e. The van der Waals surface area contributed by atoms with Gasteiger partial charge in [-0.25, -0.2) is 0 Å². The van der Waals surface area contributed by atoms with Crippen molar-refractivity contribution in [2.24, 2.45) is 5.29 Å². The Bertz CT molecular complexity index is 180. The Kier molecular flexibility index (Phi) is 3.49. The van der Waals surface area contributed by atoms with Crippen molar-refractivity contribution in [3.8, 4) is 0 Å². The number of hydrazine groups is 1. The molecule has 0 saturated heterocycles. The molecule has 0 atom stereocenters. The van der Waals surface area contributed by atoms with Crippen molar-refractivity contribution in [2.45, 2.75) is 6.92 Å². The van der Waals surface area contributed by atoms with Gasteiger partial charge in [0.15, 0.2) is 0 Å². The van der Waals surface area contributed by atoms with E-state index in [1.807, 2.05) is 5.29 Å². The summed E-state index contributed by atoms with van der Waals surface area (Å²) in [7, 11) is 0. The van der Waals surface area contributed by atoms with Gasteiger partial charge in [-0.3, -0.25) is 5.41 Å². The van der Waals surface area contributed by atoms with Gasteiger partial charge in [0.25, 0.3) is 5.96 Å². The van der Waals surface area contributed by atoms with Gasteiger partial charge in [-0.05, 0) is 6.92 Å². The Morgan fingerprint density at radius 2 is 2.45 bits per heavy atom. The summed E-state index contributed by atoms with van der Waals surface area (Å²) in [6, 6.07) is 0. The summed E-state index contributed by atoms with van der Waals surface area (Å²) in [5.74, 6) is -0.646. The Hall–Kier alpha value is -1.73. The summed E-state index contributed by atoms with van der Waals surface area (Å²) < 4.78 is 0. The summed E-state index contributed by atoms with van der Waals surface area (Å²) in [5, 5.41) is 19.7. The average Bonchev–Trinajstić information content (AvgIpc) is 1.88. The highest BCUT2D eigenvalue weighted by Gasteiger charge is 2.20. The molecule has 0 saturated carbocycles. The van der Waals surface area contributed by atoms with Crippen molar-refractivity contribution in [1.82, 2.24) is 10.4 Å². The number of hydrogen-bond donors (Lipinski definition) is 2. The smallest absolute Gasteiger partial charge is 0.318 e. The lowest BCUT2D eigenvalue weighted by Gasteiger charge is -2.05. The van der Waals surface area contributed by atoms with E-state index in [0.717, 1.165) is 0 Å². The van der Waals surface area contributed by atoms with Crippen LogP contribution in [0.2, 0.25) is 0 Å². The zero-order chi connectivity index (χ0) is 8.85. The van der Waals surface area contributed by atoms with E-state index in [4.69, 9.17) is 5.41 Å². The molecule has 0 rings (SSSR count). The van der Waals surface area contributed by atoms with Gasteiger partial charge in [0.2, 0.25) is 0 Å². The molecular formula is C3H7N5O3. The third kappa shape index (κ3) is 2.56. The van der Waals surface area contributed by atoms with Crippen molar-refractivity contribution < 1.29 is 5.03 Å². The molecule has 62 valence electrons. The molecule has 2 N–H and O–H groups in total. The van der Waals surface area contributed by atoms with Crippen LogP contribution in [0.15, 0.2) is 5.29 Å². The minimum absolute atomic E-state index is 0.191. The van der Waals surface area contributed by atoms with Gasteiger partial charge < -0.3 is 15.4 Å². The third-order valence-electron chi connectivity index (χ3n) is 0.776. The van der Waals surface area contributed by atoms with E-state index in [1.165, 1.54) is 0 Å². The van der Waals surface area contributed by atoms with Crippen LogP contribution in [0, 0.1) is 20.4 Å². The molecule has 0 aliphatic heterocycles. The monoisotopic (exact) mass is 161 g/mol. The van der Waals surface area contributed by atoms with Crippen LogP contribution in [0.1, 0.15) is 6.92 Å². The van der Waals surface area contributed by atoms with Crippen LogP contribution in [-0.2, 0) is 0 Å². The summed E-state index contributed by atoms with van der Waals surface area (Å²) in [5.41, 5.74) is 0. The van der Waals surface area contributed by atoms with Gasteiger partial charge in [0.1, 0.15) is 5.12 Å². The van der Waals surface area contributed by atoms with Crippen LogP contribution < -0.4 is 5.32 Å². The molecule has 0 bridgehead atoms. The highest BCUT2D eigenvalue weighted by Crippen LogP contribution is 1.87. The topological polar surface area (TPSA) is 112 Å². The van der Waals surface area contributed by atoms with Crippen LogP contribution in [0.4, 0.5) is 0 Å². The first-order chi connectivity index (χ1) is 5.13. The Morgan fingerprint density at radius 3 is 2.73 bits per heavy atom. The SMILES string of the molecule is CCNC(=N)N(N=O)[N+](=O)[O-]. The summed E-state index contributed by atoms with van der Waals surface area (Å²) >= 11 is 0. The van der Waals surface area contributed by atoms with Crippen molar-refractivity contribution in [3.63, 3.8) is 0 Å². The van der Waals surface area contributed by atoms with Crippen LogP contribution in [0.5, 0.6) is 0 Å². The fraction of sp³-hybridized carbons (Fsp3) is 0.667. The molecule has 0 aromatic heterocycles. The second-order valence-electron chi connectivity index (χ2n) is 1.49. The molecule has 0 aromatic rings. The lowest BCUT2D eigenvalue weighted by molar-refractivity contribution is -0.632. The van der Waals surface area contributed by atoms with Gasteiger partial charge in [0.05, 0.1) is 5.03 Å². The first-order valence-electron chi connectivity index (χ1n) is 2.73. The summed E-state index contributed by atoms with van der Waals surface area (Å²) in [4.78, 5) is 19.6. The lowest BCUT2D eigenvalue weighted by Crippen LogP contribution is -2.40. The van der Waals surface area contributed by atoms with Gasteiger partial charge >= 0.3 is 5.29 Å². The number of guanidine groups is 1. The van der Waals surface area contributed by atoms with E-state index in [2.05, 4.69) is 5.32 Å². The number of nitro groups is 1. The van der Waals surface area contributed by atoms with E-state index < -0.39 is 11.0 Å². The highest BCUT2D eigenvalue weighted by molar-refractivity contribution is 5.74. The molecule has 11 heavy (non-hydrogen) atoms. The van der Waals surface area contributed by atoms with Crippen LogP contribution in [-0.4, -0.2) is 22.7 Å². The maximum Gasteiger partial charge on any atom is 0.318 e. The van der Waals surface area contributed by atoms with Crippen molar-refractivity contribution >= 4 is 5.96 Å². The van der Waals surface area contributed by atoms with Gasteiger partial charge in [-0.1, -0.05) is 0 Å². The fourth-order valence-corrected chi connectivity index (χ4v) is 0.390. The fourth-order valence-electron chi connectivity index (χ4n) is 0.390. The standard InChI is InChI=1S/C3H7N5O3/c1-2-5-3(4)7(6-9)8(10)11/h2H2,1H3,(H2,4,5). The minimum Gasteiger partial charge on any atom is -0.350 e. The number of nitrogens with zero attached hydrogens (tertiary/aromatic N) is 3. The Balaban J connectivity index is 4.14. The van der Waals surface area contributed by atoms with E-state index in [1.54, 1.807) is 6.92 Å². The second-order valence-corrected chi connectivity index (χ2v) is 1.49. The first-order valence-corrected chi connectivity index (χ1v) is 2.73. The predicted molar refractivity (Wildman–Crippen MR) is 36.0 cm³/mol. The van der Waals surface area contributed by atoms with E-state index >= 15 is 0 Å². The van der Waals surface area contributed by atoms with Crippen molar-refractivity contribution in [2.75, 3.05) is 6.54 Å². The maximum atomic E-state index is 9.90. The number of nitrogens with one attached hydrogen (secondary N) is 2. The quantitative estimate of drug-likeness (QED) is 0.194. The van der Waals surface area contributed by atoms with Gasteiger partial charge in [-0.15, -0.1) is 0 Å². The van der Waals surface area contributed by atoms with Crippen LogP contribution >= 0.6 is 0 Å². The predicted octanol–water partition coefficient (Wildman–Crippen LogP) is -0.294. The molecule has 0 unspecified atom stereocenters. The van der Waals surface area contributed by atoms with E-state index in [0.29, 0.717) is 6.54 Å². The normalized spacial score (nSPS) is 8.45. The molecule has 0 amide bonds. The molecule has 0 aliphatic rings. The molecule has 0 aliphatic carbocycles. The van der Waals surface area contributed by atoms with E-state index in [9.17, 15) is 15.0 Å². The number of nitroso groups, excluding NO2 is 1. The Labute approximate surface area is 61.8 Å². The Morgan fingerprint density at radius 1 is 1.91 bits per heavy atom. The van der Waals surface area contributed by atoms with Crippen molar-refractivity contribution in [3.05, 3.63) is 15.0 Å². The second kappa shape index (κ2) is 4.14. The van der Waals surface area contributed by atoms with Crippen molar-refractivity contribution in [1.29, 1.82) is 5.41 Å². The van der Waals surface area contributed by atoms with Crippen LogP contribution in [0.3, 0.4) is 0 Å². The molecule has 0 heterocycles. The molecule has 8 nitrogen and oxygen atoms in total. The van der Waals surface area contributed by atoms with Gasteiger partial charge in [-0.2, -0.15) is 0 Å². The zero-order valence-corrected chi connectivity index (χ0v) is 5.77. The summed E-state index contributed by atoms with van der Waals surface area (Å²) in [6.07, 6.45) is 0. The molecule has 0 fully saturated rings. The first kappa shape index (κ1) is 9.27. The molecule has 0 aromatic carbocycles. The maximum absolute atomic E-state index is 9.90. The molecule has 0 radical (unpaired) electrons. The van der Waals surface area contributed by atoms with Crippen LogP contribution in [0.25, 0.3) is 0 Å².